The average molecular weight is 261 g/mol. The van der Waals surface area contributed by atoms with Gasteiger partial charge in [-0.2, -0.15) is 0 Å². The van der Waals surface area contributed by atoms with Gasteiger partial charge in [0.1, 0.15) is 0 Å². The van der Waals surface area contributed by atoms with Gasteiger partial charge < -0.3 is 10.2 Å². The van der Waals surface area contributed by atoms with Crippen LogP contribution in [0.5, 0.6) is 0 Å². The van der Waals surface area contributed by atoms with E-state index in [0.717, 1.165) is 5.92 Å². The number of halogens is 1. The number of nitrogens with one attached hydrogen (secondary N) is 1. The first kappa shape index (κ1) is 15.3. The summed E-state index contributed by atoms with van der Waals surface area (Å²) in [4.78, 5) is 2.72. The maximum absolute atomic E-state index is 3.46. The van der Waals surface area contributed by atoms with E-state index in [9.17, 15) is 0 Å². The molecule has 2 heterocycles. The second-order valence-electron chi connectivity index (χ2n) is 6.16. The van der Waals surface area contributed by atoms with E-state index in [2.05, 4.69) is 24.1 Å². The van der Waals surface area contributed by atoms with Gasteiger partial charge in [-0.25, -0.2) is 0 Å². The van der Waals surface area contributed by atoms with Crippen LogP contribution in [0.1, 0.15) is 46.0 Å². The van der Waals surface area contributed by atoms with Crippen molar-refractivity contribution >= 4 is 12.4 Å². The zero-order valence-corrected chi connectivity index (χ0v) is 12.3. The summed E-state index contributed by atoms with van der Waals surface area (Å²) in [6, 6.07) is 0. The Morgan fingerprint density at radius 2 is 1.76 bits per heavy atom. The van der Waals surface area contributed by atoms with Crippen molar-refractivity contribution in [3.8, 4) is 0 Å². The first-order chi connectivity index (χ1) is 7.72. The van der Waals surface area contributed by atoms with Gasteiger partial charge in [-0.3, -0.25) is 0 Å². The zero-order chi connectivity index (χ0) is 11.4. The number of likely N-dealkylation sites (tertiary alicyclic amines) is 1. The summed E-state index contributed by atoms with van der Waals surface area (Å²) in [5.74, 6) is 0.965. The molecule has 0 unspecified atom stereocenters. The van der Waals surface area contributed by atoms with Crippen LogP contribution in [-0.4, -0.2) is 37.6 Å². The molecule has 0 aliphatic carbocycles. The highest BCUT2D eigenvalue weighted by atomic mass is 35.5. The average Bonchev–Trinajstić information content (AvgIpc) is 2.34. The van der Waals surface area contributed by atoms with Crippen molar-refractivity contribution < 1.29 is 0 Å². The number of hydrogen-bond donors (Lipinski definition) is 1. The second kappa shape index (κ2) is 6.96. The molecule has 1 N–H and O–H groups in total. The Bertz CT molecular complexity index is 206. The lowest BCUT2D eigenvalue weighted by Gasteiger charge is -2.40. The van der Waals surface area contributed by atoms with Crippen molar-refractivity contribution in [1.82, 2.24) is 10.2 Å². The van der Waals surface area contributed by atoms with E-state index in [-0.39, 0.29) is 12.4 Å². The molecule has 0 radical (unpaired) electrons. The van der Waals surface area contributed by atoms with Crippen LogP contribution in [0, 0.1) is 11.3 Å². The van der Waals surface area contributed by atoms with Crippen LogP contribution in [0.3, 0.4) is 0 Å². The molecule has 2 aliphatic rings. The van der Waals surface area contributed by atoms with E-state index in [1.165, 1.54) is 64.8 Å². The summed E-state index contributed by atoms with van der Waals surface area (Å²) < 4.78 is 0. The van der Waals surface area contributed by atoms with Crippen LogP contribution in [0.25, 0.3) is 0 Å². The Morgan fingerprint density at radius 3 is 2.29 bits per heavy atom. The van der Waals surface area contributed by atoms with Crippen LogP contribution in [-0.2, 0) is 0 Å². The van der Waals surface area contributed by atoms with E-state index in [4.69, 9.17) is 0 Å². The SMILES string of the molecule is CCC1(C)CCN(CC2CCNCC2)CC1.Cl. The Balaban J connectivity index is 0.00000144. The van der Waals surface area contributed by atoms with Crippen LogP contribution in [0.2, 0.25) is 0 Å². The quantitative estimate of drug-likeness (QED) is 0.840. The molecule has 2 saturated heterocycles. The Hall–Kier alpha value is 0.210. The minimum absolute atomic E-state index is 0. The van der Waals surface area contributed by atoms with E-state index in [1.807, 2.05) is 0 Å². The Morgan fingerprint density at radius 1 is 1.18 bits per heavy atom. The molecule has 2 fully saturated rings. The molecule has 17 heavy (non-hydrogen) atoms. The lowest BCUT2D eigenvalue weighted by molar-refractivity contribution is 0.0957. The van der Waals surface area contributed by atoms with Gasteiger partial charge in [-0.05, 0) is 63.2 Å². The maximum Gasteiger partial charge on any atom is 0.00106 e. The molecule has 0 saturated carbocycles. The fourth-order valence-electron chi connectivity index (χ4n) is 3.06. The monoisotopic (exact) mass is 260 g/mol. The fraction of sp³-hybridized carbons (Fsp3) is 1.00. The van der Waals surface area contributed by atoms with Crippen molar-refractivity contribution in [2.75, 3.05) is 32.7 Å². The first-order valence-electron chi connectivity index (χ1n) is 7.15. The number of nitrogens with zero attached hydrogens (tertiary/aromatic N) is 1. The molecule has 0 aromatic heterocycles. The summed E-state index contributed by atoms with van der Waals surface area (Å²) in [5, 5.41) is 3.46. The highest BCUT2D eigenvalue weighted by Gasteiger charge is 2.29. The third-order valence-electron chi connectivity index (χ3n) is 4.89. The van der Waals surface area contributed by atoms with E-state index in [1.54, 1.807) is 0 Å². The molecular formula is C14H29ClN2. The molecule has 102 valence electrons. The summed E-state index contributed by atoms with van der Waals surface area (Å²) in [6.07, 6.45) is 6.96. The fourth-order valence-corrected chi connectivity index (χ4v) is 3.06. The predicted octanol–water partition coefficient (Wildman–Crippen LogP) is 2.92. The molecule has 2 nitrogen and oxygen atoms in total. The lowest BCUT2D eigenvalue weighted by Crippen LogP contribution is -2.42. The van der Waals surface area contributed by atoms with Crippen LogP contribution < -0.4 is 5.32 Å². The third-order valence-corrected chi connectivity index (χ3v) is 4.89. The van der Waals surface area contributed by atoms with Crippen LogP contribution in [0.4, 0.5) is 0 Å². The summed E-state index contributed by atoms with van der Waals surface area (Å²) >= 11 is 0. The van der Waals surface area contributed by atoms with Crippen LogP contribution >= 0.6 is 12.4 Å². The summed E-state index contributed by atoms with van der Waals surface area (Å²) in [7, 11) is 0. The first-order valence-corrected chi connectivity index (χ1v) is 7.15. The standard InChI is InChI=1S/C14H28N2.ClH/c1-3-14(2)6-10-16(11-7-14)12-13-4-8-15-9-5-13;/h13,15H,3-12H2,1-2H3;1H. The van der Waals surface area contributed by atoms with E-state index in [0.29, 0.717) is 5.41 Å². The van der Waals surface area contributed by atoms with Crippen molar-refractivity contribution in [1.29, 1.82) is 0 Å². The Labute approximate surface area is 113 Å². The zero-order valence-electron chi connectivity index (χ0n) is 11.5. The molecular weight excluding hydrogens is 232 g/mol. The number of piperidine rings is 2. The minimum atomic E-state index is 0. The normalized spacial score (nSPS) is 26.5. The molecule has 2 aliphatic heterocycles. The van der Waals surface area contributed by atoms with Gasteiger partial charge in [0, 0.05) is 6.54 Å². The van der Waals surface area contributed by atoms with Gasteiger partial charge in [-0.1, -0.05) is 20.3 Å². The molecule has 3 heteroatoms. The smallest absolute Gasteiger partial charge is 0.00106 e. The Kier molecular flexibility index (Phi) is 6.25. The maximum atomic E-state index is 3.46. The van der Waals surface area contributed by atoms with Gasteiger partial charge in [0.25, 0.3) is 0 Å². The molecule has 0 atom stereocenters. The molecule has 0 aromatic rings. The summed E-state index contributed by atoms with van der Waals surface area (Å²) in [5.41, 5.74) is 0.643. The number of hydrogen-bond acceptors (Lipinski definition) is 2. The minimum Gasteiger partial charge on any atom is -0.317 e. The molecule has 0 aromatic carbocycles. The molecule has 2 rings (SSSR count). The molecule has 0 spiro atoms. The highest BCUT2D eigenvalue weighted by molar-refractivity contribution is 5.85. The van der Waals surface area contributed by atoms with Gasteiger partial charge in [0.2, 0.25) is 0 Å². The second-order valence-corrected chi connectivity index (χ2v) is 6.16. The summed E-state index contributed by atoms with van der Waals surface area (Å²) in [6.45, 7) is 11.3. The number of rotatable bonds is 3. The predicted molar refractivity (Wildman–Crippen MR) is 76.9 cm³/mol. The molecule has 0 bridgehead atoms. The topological polar surface area (TPSA) is 15.3 Å². The highest BCUT2D eigenvalue weighted by Crippen LogP contribution is 2.34. The van der Waals surface area contributed by atoms with Crippen LogP contribution in [0.15, 0.2) is 0 Å². The van der Waals surface area contributed by atoms with Crippen molar-refractivity contribution in [3.05, 3.63) is 0 Å². The largest absolute Gasteiger partial charge is 0.317 e. The van der Waals surface area contributed by atoms with Gasteiger partial charge in [0.15, 0.2) is 0 Å². The van der Waals surface area contributed by atoms with Crippen molar-refractivity contribution in [2.24, 2.45) is 11.3 Å². The van der Waals surface area contributed by atoms with Gasteiger partial charge >= 0.3 is 0 Å². The van der Waals surface area contributed by atoms with E-state index < -0.39 is 0 Å². The van der Waals surface area contributed by atoms with Gasteiger partial charge in [-0.15, -0.1) is 12.4 Å². The van der Waals surface area contributed by atoms with Crippen molar-refractivity contribution in [3.63, 3.8) is 0 Å². The molecule has 0 amide bonds. The van der Waals surface area contributed by atoms with E-state index >= 15 is 0 Å². The lowest BCUT2D eigenvalue weighted by atomic mass is 9.78. The van der Waals surface area contributed by atoms with Gasteiger partial charge in [0.05, 0.1) is 0 Å². The third kappa shape index (κ3) is 4.42. The van der Waals surface area contributed by atoms with Crippen molar-refractivity contribution in [2.45, 2.75) is 46.0 Å².